The van der Waals surface area contributed by atoms with Gasteiger partial charge < -0.3 is 20.3 Å². The van der Waals surface area contributed by atoms with Crippen LogP contribution < -0.4 is 11.1 Å². The van der Waals surface area contributed by atoms with Crippen molar-refractivity contribution < 1.29 is 18.8 Å². The third-order valence-corrected chi connectivity index (χ3v) is 3.28. The van der Waals surface area contributed by atoms with E-state index in [0.29, 0.717) is 19.6 Å². The fourth-order valence-electron chi connectivity index (χ4n) is 2.21. The fourth-order valence-corrected chi connectivity index (χ4v) is 2.21. The van der Waals surface area contributed by atoms with Crippen LogP contribution >= 0.6 is 0 Å². The average Bonchev–Trinajstić information content (AvgIpc) is 2.96. The largest absolute Gasteiger partial charge is 0.379 e. The van der Waals surface area contributed by atoms with Gasteiger partial charge in [-0.15, -0.1) is 0 Å². The highest BCUT2D eigenvalue weighted by Crippen LogP contribution is 2.08. The summed E-state index contributed by atoms with van der Waals surface area (Å²) in [7, 11) is 0. The molecule has 1 aromatic rings. The number of carbonyl (C=O) groups excluding carboxylic acids is 2. The molecule has 1 fully saturated rings. The van der Waals surface area contributed by atoms with E-state index < -0.39 is 5.91 Å². The minimum absolute atomic E-state index is 0.0937. The lowest BCUT2D eigenvalue weighted by molar-refractivity contribution is -0.128. The normalized spacial score (nSPS) is 17.4. The molecule has 0 spiro atoms. The van der Waals surface area contributed by atoms with Gasteiger partial charge >= 0.3 is 11.8 Å². The lowest BCUT2D eigenvalue weighted by Crippen LogP contribution is -2.50. The quantitative estimate of drug-likeness (QED) is 0.682. The first-order valence-electron chi connectivity index (χ1n) is 6.83. The summed E-state index contributed by atoms with van der Waals surface area (Å²) in [6.07, 6.45) is 0.699. The number of hydrogen-bond donors (Lipinski definition) is 2. The van der Waals surface area contributed by atoms with Gasteiger partial charge in [-0.05, 0) is 6.42 Å². The smallest absolute Gasteiger partial charge is 0.315 e. The maximum Gasteiger partial charge on any atom is 0.315 e. The zero-order valence-electron chi connectivity index (χ0n) is 11.9. The van der Waals surface area contributed by atoms with Crippen LogP contribution in [0.4, 0.5) is 0 Å². The van der Waals surface area contributed by atoms with E-state index in [2.05, 4.69) is 24.9 Å². The van der Waals surface area contributed by atoms with Gasteiger partial charge in [-0.3, -0.25) is 14.5 Å². The van der Waals surface area contributed by atoms with Crippen molar-refractivity contribution in [1.29, 1.82) is 0 Å². The molecule has 9 heteroatoms. The van der Waals surface area contributed by atoms with Gasteiger partial charge in [0.25, 0.3) is 0 Å². The van der Waals surface area contributed by atoms with Crippen molar-refractivity contribution in [2.75, 3.05) is 26.3 Å². The number of amides is 2. The SMILES string of the molecule is CC[C@H](C(=O)NCc1noc(C(N)=O)n1)N1CCOCC1. The van der Waals surface area contributed by atoms with Crippen LogP contribution in [-0.2, 0) is 16.1 Å². The van der Waals surface area contributed by atoms with Crippen molar-refractivity contribution in [3.63, 3.8) is 0 Å². The third-order valence-electron chi connectivity index (χ3n) is 3.28. The van der Waals surface area contributed by atoms with Crippen molar-refractivity contribution in [3.8, 4) is 0 Å². The van der Waals surface area contributed by atoms with E-state index in [1.165, 1.54) is 0 Å². The van der Waals surface area contributed by atoms with Crippen LogP contribution in [0, 0.1) is 0 Å². The number of nitrogens with zero attached hydrogens (tertiary/aromatic N) is 3. The molecule has 3 N–H and O–H groups in total. The van der Waals surface area contributed by atoms with Gasteiger partial charge in [-0.1, -0.05) is 12.1 Å². The second kappa shape index (κ2) is 7.14. The monoisotopic (exact) mass is 297 g/mol. The Bertz CT molecular complexity index is 498. The van der Waals surface area contributed by atoms with E-state index in [1.807, 2.05) is 6.92 Å². The molecule has 2 heterocycles. The van der Waals surface area contributed by atoms with Crippen molar-refractivity contribution in [3.05, 3.63) is 11.7 Å². The summed E-state index contributed by atoms with van der Waals surface area (Å²) in [6.45, 7) is 4.79. The van der Waals surface area contributed by atoms with Gasteiger partial charge in [-0.2, -0.15) is 4.98 Å². The van der Waals surface area contributed by atoms with Crippen LogP contribution in [0.15, 0.2) is 4.52 Å². The van der Waals surface area contributed by atoms with E-state index in [0.717, 1.165) is 13.1 Å². The average molecular weight is 297 g/mol. The molecule has 0 aromatic carbocycles. The Balaban J connectivity index is 1.88. The van der Waals surface area contributed by atoms with Crippen LogP contribution in [0.2, 0.25) is 0 Å². The van der Waals surface area contributed by atoms with Crippen molar-refractivity contribution >= 4 is 11.8 Å². The molecule has 1 atom stereocenters. The number of rotatable bonds is 6. The molecular weight excluding hydrogens is 278 g/mol. The summed E-state index contributed by atoms with van der Waals surface area (Å²) in [6, 6.07) is -0.212. The van der Waals surface area contributed by atoms with Crippen LogP contribution in [0.3, 0.4) is 0 Å². The van der Waals surface area contributed by atoms with Gasteiger partial charge in [-0.25, -0.2) is 0 Å². The predicted molar refractivity (Wildman–Crippen MR) is 71.1 cm³/mol. The van der Waals surface area contributed by atoms with Crippen LogP contribution in [-0.4, -0.2) is 59.2 Å². The Labute approximate surface area is 121 Å². The van der Waals surface area contributed by atoms with E-state index in [-0.39, 0.29) is 30.2 Å². The number of primary amides is 1. The van der Waals surface area contributed by atoms with E-state index >= 15 is 0 Å². The molecule has 1 aliphatic heterocycles. The minimum atomic E-state index is -0.792. The second-order valence-electron chi connectivity index (χ2n) is 4.67. The molecule has 21 heavy (non-hydrogen) atoms. The first-order valence-corrected chi connectivity index (χ1v) is 6.83. The number of morpholine rings is 1. The summed E-state index contributed by atoms with van der Waals surface area (Å²) in [5.41, 5.74) is 5.01. The lowest BCUT2D eigenvalue weighted by atomic mass is 10.1. The maximum atomic E-state index is 12.2. The van der Waals surface area contributed by atoms with E-state index in [1.54, 1.807) is 0 Å². The maximum absolute atomic E-state index is 12.2. The summed E-state index contributed by atoms with van der Waals surface area (Å²) in [5, 5.41) is 6.31. The topological polar surface area (TPSA) is 124 Å². The van der Waals surface area contributed by atoms with Crippen LogP contribution in [0.25, 0.3) is 0 Å². The molecule has 2 rings (SSSR count). The Kier molecular flexibility index (Phi) is 5.23. The van der Waals surface area contributed by atoms with Crippen molar-refractivity contribution in [1.82, 2.24) is 20.4 Å². The number of nitrogens with two attached hydrogens (primary N) is 1. The summed E-state index contributed by atoms with van der Waals surface area (Å²) in [4.78, 5) is 28.9. The van der Waals surface area contributed by atoms with Gasteiger partial charge in [0.2, 0.25) is 5.91 Å². The zero-order valence-corrected chi connectivity index (χ0v) is 11.9. The van der Waals surface area contributed by atoms with Gasteiger partial charge in [0, 0.05) is 13.1 Å². The molecule has 0 saturated carbocycles. The number of aromatic nitrogens is 2. The first-order chi connectivity index (χ1) is 10.1. The molecule has 0 radical (unpaired) electrons. The molecule has 1 saturated heterocycles. The summed E-state index contributed by atoms with van der Waals surface area (Å²) >= 11 is 0. The molecule has 0 aliphatic carbocycles. The van der Waals surface area contributed by atoms with Crippen molar-refractivity contribution in [2.24, 2.45) is 5.73 Å². The molecule has 0 bridgehead atoms. The van der Waals surface area contributed by atoms with Crippen LogP contribution in [0.1, 0.15) is 29.9 Å². The van der Waals surface area contributed by atoms with Crippen molar-refractivity contribution in [2.45, 2.75) is 25.9 Å². The third kappa shape index (κ3) is 3.99. The molecule has 0 unspecified atom stereocenters. The molecular formula is C12H19N5O4. The molecule has 116 valence electrons. The highest BCUT2D eigenvalue weighted by molar-refractivity contribution is 5.87. The van der Waals surface area contributed by atoms with Gasteiger partial charge in [0.05, 0.1) is 25.8 Å². The lowest BCUT2D eigenvalue weighted by Gasteiger charge is -2.32. The first kappa shape index (κ1) is 15.4. The number of carbonyl (C=O) groups is 2. The van der Waals surface area contributed by atoms with E-state index in [4.69, 9.17) is 10.5 Å². The molecule has 2 amide bonds. The summed E-state index contributed by atoms with van der Waals surface area (Å²) in [5.74, 6) is -0.946. The minimum Gasteiger partial charge on any atom is -0.379 e. The Morgan fingerprint density at radius 2 is 2.14 bits per heavy atom. The molecule has 1 aromatic heterocycles. The number of nitrogens with one attached hydrogen (secondary N) is 1. The van der Waals surface area contributed by atoms with Gasteiger partial charge in [0.1, 0.15) is 0 Å². The zero-order chi connectivity index (χ0) is 15.2. The fraction of sp³-hybridized carbons (Fsp3) is 0.667. The summed E-state index contributed by atoms with van der Waals surface area (Å²) < 4.78 is 9.93. The Morgan fingerprint density at radius 3 is 2.71 bits per heavy atom. The standard InChI is InChI=1S/C12H19N5O4/c1-2-8(17-3-5-20-6-4-17)11(19)14-7-9-15-12(10(13)18)21-16-9/h8H,2-7H2,1H3,(H2,13,18)(H,14,19)/t8-/m1/s1. The van der Waals surface area contributed by atoms with E-state index in [9.17, 15) is 9.59 Å². The highest BCUT2D eigenvalue weighted by atomic mass is 16.5. The second-order valence-corrected chi connectivity index (χ2v) is 4.67. The van der Waals surface area contributed by atoms with Gasteiger partial charge in [0.15, 0.2) is 5.82 Å². The Hall–Kier alpha value is -2.00. The number of ether oxygens (including phenoxy) is 1. The number of hydrogen-bond acceptors (Lipinski definition) is 7. The Morgan fingerprint density at radius 1 is 1.43 bits per heavy atom. The highest BCUT2D eigenvalue weighted by Gasteiger charge is 2.25. The predicted octanol–water partition coefficient (Wildman–Crippen LogP) is -1.10. The molecule has 9 nitrogen and oxygen atoms in total. The van der Waals surface area contributed by atoms with Crippen LogP contribution in [0.5, 0.6) is 0 Å². The molecule has 1 aliphatic rings.